The molecule has 3 aromatic carbocycles. The highest BCUT2D eigenvalue weighted by Crippen LogP contribution is 2.33. The first-order valence-corrected chi connectivity index (χ1v) is 9.98. The largest absolute Gasteiger partial charge is 0.490 e. The maximum atomic E-state index is 6.50. The average Bonchev–Trinajstić information content (AvgIpc) is 2.98. The van der Waals surface area contributed by atoms with E-state index in [0.29, 0.717) is 13.2 Å². The highest BCUT2D eigenvalue weighted by molar-refractivity contribution is 5.25. The maximum Gasteiger partial charge on any atom is 0.128 e. The van der Waals surface area contributed by atoms with Gasteiger partial charge in [0, 0.05) is 19.6 Å². The highest BCUT2D eigenvalue weighted by Gasteiger charge is 2.36. The van der Waals surface area contributed by atoms with E-state index in [0.717, 1.165) is 31.8 Å². The molecule has 0 amide bonds. The second kappa shape index (κ2) is 9.05. The summed E-state index contributed by atoms with van der Waals surface area (Å²) in [6, 6.07) is 31.2. The zero-order valence-electron chi connectivity index (χ0n) is 16.2. The van der Waals surface area contributed by atoms with Crippen LogP contribution < -0.4 is 4.74 Å². The summed E-state index contributed by atoms with van der Waals surface area (Å²) in [4.78, 5) is 2.47. The van der Waals surface area contributed by atoms with Gasteiger partial charge in [0.05, 0.1) is 6.61 Å². The first-order valence-electron chi connectivity index (χ1n) is 9.98. The van der Waals surface area contributed by atoms with E-state index in [9.17, 15) is 0 Å². The van der Waals surface area contributed by atoms with Crippen LogP contribution in [0.3, 0.4) is 0 Å². The van der Waals surface area contributed by atoms with Crippen LogP contribution in [0.2, 0.25) is 0 Å². The minimum absolute atomic E-state index is 0.428. The van der Waals surface area contributed by atoms with Crippen LogP contribution in [0.5, 0.6) is 5.75 Å². The molecule has 0 aliphatic carbocycles. The second-order valence-corrected chi connectivity index (χ2v) is 7.32. The van der Waals surface area contributed by atoms with E-state index in [1.54, 1.807) is 0 Å². The molecule has 1 unspecified atom stereocenters. The van der Waals surface area contributed by atoms with Gasteiger partial charge in [0.15, 0.2) is 0 Å². The lowest BCUT2D eigenvalue weighted by Gasteiger charge is -2.33. The monoisotopic (exact) mass is 373 g/mol. The molecule has 0 N–H and O–H groups in total. The molecule has 0 saturated carbocycles. The second-order valence-electron chi connectivity index (χ2n) is 7.32. The molecule has 0 spiro atoms. The maximum absolute atomic E-state index is 6.50. The van der Waals surface area contributed by atoms with Crippen molar-refractivity contribution in [3.05, 3.63) is 102 Å². The van der Waals surface area contributed by atoms with Crippen LogP contribution >= 0.6 is 0 Å². The van der Waals surface area contributed by atoms with Crippen molar-refractivity contribution in [1.29, 1.82) is 0 Å². The van der Waals surface area contributed by atoms with Crippen molar-refractivity contribution in [1.82, 2.24) is 4.90 Å². The van der Waals surface area contributed by atoms with Crippen LogP contribution in [0.1, 0.15) is 17.5 Å². The molecule has 1 aliphatic heterocycles. The van der Waals surface area contributed by atoms with E-state index in [1.807, 2.05) is 36.4 Å². The molecular formula is C25H27NO2. The number of ether oxygens (including phenoxy) is 2. The fourth-order valence-corrected chi connectivity index (χ4v) is 3.78. The zero-order valence-corrected chi connectivity index (χ0v) is 16.2. The van der Waals surface area contributed by atoms with Crippen molar-refractivity contribution in [2.45, 2.75) is 18.6 Å². The molecule has 4 rings (SSSR count). The molecule has 1 heterocycles. The van der Waals surface area contributed by atoms with Gasteiger partial charge in [-0.25, -0.2) is 0 Å². The van der Waals surface area contributed by atoms with E-state index in [4.69, 9.17) is 9.47 Å². The molecule has 3 nitrogen and oxygen atoms in total. The number of benzene rings is 3. The Balaban J connectivity index is 1.50. The summed E-state index contributed by atoms with van der Waals surface area (Å²) in [6.45, 7) is 4.06. The fraction of sp³-hybridized carbons (Fsp3) is 0.280. The number of rotatable bonds is 6. The summed E-state index contributed by atoms with van der Waals surface area (Å²) in [5.41, 5.74) is 2.10. The van der Waals surface area contributed by atoms with Gasteiger partial charge in [-0.2, -0.15) is 0 Å². The molecule has 0 bridgehead atoms. The molecule has 1 fully saturated rings. The van der Waals surface area contributed by atoms with Gasteiger partial charge in [-0.1, -0.05) is 78.9 Å². The van der Waals surface area contributed by atoms with Gasteiger partial charge in [0.1, 0.15) is 18.0 Å². The minimum atomic E-state index is -0.428. The molecular weight excluding hydrogens is 346 g/mol. The minimum Gasteiger partial charge on any atom is -0.490 e. The molecule has 144 valence electrons. The predicted molar refractivity (Wildman–Crippen MR) is 112 cm³/mol. The first kappa shape index (κ1) is 18.7. The van der Waals surface area contributed by atoms with Crippen molar-refractivity contribution in [2.24, 2.45) is 0 Å². The van der Waals surface area contributed by atoms with Gasteiger partial charge in [-0.05, 0) is 29.7 Å². The molecule has 3 heteroatoms. The summed E-state index contributed by atoms with van der Waals surface area (Å²) in [6.07, 6.45) is 0.899. The number of para-hydroxylation sites is 1. The summed E-state index contributed by atoms with van der Waals surface area (Å²) < 4.78 is 12.7. The van der Waals surface area contributed by atoms with Crippen molar-refractivity contribution in [3.8, 4) is 5.75 Å². The van der Waals surface area contributed by atoms with Crippen molar-refractivity contribution < 1.29 is 9.47 Å². The Morgan fingerprint density at radius 1 is 0.786 bits per heavy atom. The molecule has 0 radical (unpaired) electrons. The zero-order chi connectivity index (χ0) is 19.1. The van der Waals surface area contributed by atoms with Gasteiger partial charge >= 0.3 is 0 Å². The summed E-state index contributed by atoms with van der Waals surface area (Å²) in [5.74, 6) is 0.881. The Morgan fingerprint density at radius 2 is 1.43 bits per heavy atom. The van der Waals surface area contributed by atoms with Crippen molar-refractivity contribution in [2.75, 3.05) is 26.3 Å². The molecule has 3 aromatic rings. The Kier molecular flexibility index (Phi) is 6.05. The van der Waals surface area contributed by atoms with E-state index in [-0.39, 0.29) is 0 Å². The number of hydrogen-bond acceptors (Lipinski definition) is 3. The van der Waals surface area contributed by atoms with Crippen molar-refractivity contribution >= 4 is 0 Å². The van der Waals surface area contributed by atoms with Crippen LogP contribution in [0, 0.1) is 0 Å². The van der Waals surface area contributed by atoms with Crippen LogP contribution in [0.25, 0.3) is 0 Å². The van der Waals surface area contributed by atoms with Gasteiger partial charge in [0.25, 0.3) is 0 Å². The lowest BCUT2D eigenvalue weighted by molar-refractivity contribution is -0.0726. The van der Waals surface area contributed by atoms with E-state index in [2.05, 4.69) is 59.5 Å². The summed E-state index contributed by atoms with van der Waals surface area (Å²) in [5, 5.41) is 0. The Bertz CT molecular complexity index is 838. The number of nitrogens with zero attached hydrogens (tertiary/aromatic N) is 1. The van der Waals surface area contributed by atoms with Crippen LogP contribution in [0.15, 0.2) is 91.0 Å². The van der Waals surface area contributed by atoms with Crippen LogP contribution in [0.4, 0.5) is 0 Å². The van der Waals surface area contributed by atoms with Crippen LogP contribution in [-0.4, -0.2) is 31.2 Å². The summed E-state index contributed by atoms with van der Waals surface area (Å²) >= 11 is 0. The quantitative estimate of drug-likeness (QED) is 0.614. The first-order chi connectivity index (χ1) is 13.8. The third kappa shape index (κ3) is 4.61. The van der Waals surface area contributed by atoms with Crippen molar-refractivity contribution in [3.63, 3.8) is 0 Å². The molecule has 0 aromatic heterocycles. The Labute approximate surface area is 167 Å². The van der Waals surface area contributed by atoms with Gasteiger partial charge in [-0.15, -0.1) is 0 Å². The normalized spacial score (nSPS) is 20.4. The van der Waals surface area contributed by atoms with Gasteiger partial charge in [-0.3, -0.25) is 4.90 Å². The molecule has 1 aliphatic rings. The average molecular weight is 373 g/mol. The fourth-order valence-electron chi connectivity index (χ4n) is 3.78. The standard InChI is InChI=1S/C25H27NO2/c1-4-10-22(11-5-1)20-26-17-16-25(28-19-18-26,23-12-6-2-7-13-23)21-27-24-14-8-3-9-15-24/h1-15H,16-21H2. The third-order valence-electron chi connectivity index (χ3n) is 5.38. The Morgan fingerprint density at radius 3 is 2.14 bits per heavy atom. The number of hydrogen-bond donors (Lipinski definition) is 0. The Hall–Kier alpha value is -2.62. The summed E-state index contributed by atoms with van der Waals surface area (Å²) in [7, 11) is 0. The predicted octanol–water partition coefficient (Wildman–Crippen LogP) is 4.88. The van der Waals surface area contributed by atoms with Gasteiger partial charge < -0.3 is 9.47 Å². The molecule has 28 heavy (non-hydrogen) atoms. The topological polar surface area (TPSA) is 21.7 Å². The third-order valence-corrected chi connectivity index (χ3v) is 5.38. The molecule has 1 saturated heterocycles. The van der Waals surface area contributed by atoms with E-state index in [1.165, 1.54) is 11.1 Å². The SMILES string of the molecule is c1ccc(CN2CCOC(COc3ccccc3)(c3ccccc3)CC2)cc1. The highest BCUT2D eigenvalue weighted by atomic mass is 16.5. The van der Waals surface area contributed by atoms with E-state index < -0.39 is 5.60 Å². The van der Waals surface area contributed by atoms with E-state index >= 15 is 0 Å². The lowest BCUT2D eigenvalue weighted by Crippen LogP contribution is -2.37. The lowest BCUT2D eigenvalue weighted by atomic mass is 9.90. The van der Waals surface area contributed by atoms with Gasteiger partial charge in [0.2, 0.25) is 0 Å². The van der Waals surface area contributed by atoms with Crippen LogP contribution in [-0.2, 0) is 16.9 Å². The smallest absolute Gasteiger partial charge is 0.128 e. The molecule has 1 atom stereocenters.